The van der Waals surface area contributed by atoms with Crippen molar-refractivity contribution in [2.24, 2.45) is 0 Å². The molecule has 0 fully saturated rings. The standard InChI is InChI=1S/C18H21FN4O4/c1-13(5-7-26-23(2)12-24)27-17-9-14(19)8-16(10-17)22-18(25)21-15-4-3-6-20-11-15/h3-4,6,8-13H,5,7H2,1-2H3,(H2,21,22,25)/t13-/m0/s1. The van der Waals surface area contributed by atoms with E-state index in [0.29, 0.717) is 18.5 Å². The van der Waals surface area contributed by atoms with Crippen molar-refractivity contribution in [1.29, 1.82) is 0 Å². The molecule has 0 aliphatic rings. The number of urea groups is 1. The second-order valence-electron chi connectivity index (χ2n) is 5.70. The van der Waals surface area contributed by atoms with Gasteiger partial charge in [0.1, 0.15) is 11.6 Å². The number of pyridine rings is 1. The third kappa shape index (κ3) is 7.28. The first-order chi connectivity index (χ1) is 13.0. The zero-order valence-corrected chi connectivity index (χ0v) is 15.0. The van der Waals surface area contributed by atoms with Crippen LogP contribution in [0.25, 0.3) is 0 Å². The van der Waals surface area contributed by atoms with E-state index in [4.69, 9.17) is 9.57 Å². The molecule has 0 saturated carbocycles. The van der Waals surface area contributed by atoms with Gasteiger partial charge in [-0.15, -0.1) is 0 Å². The van der Waals surface area contributed by atoms with Crippen molar-refractivity contribution in [1.82, 2.24) is 10.0 Å². The van der Waals surface area contributed by atoms with Gasteiger partial charge in [0.15, 0.2) is 0 Å². The Morgan fingerprint density at radius 3 is 2.81 bits per heavy atom. The lowest BCUT2D eigenvalue weighted by Gasteiger charge is -2.17. The second kappa shape index (κ2) is 10.1. The summed E-state index contributed by atoms with van der Waals surface area (Å²) in [4.78, 5) is 31.4. The first-order valence-electron chi connectivity index (χ1n) is 8.22. The minimum absolute atomic E-state index is 0.246. The lowest BCUT2D eigenvalue weighted by molar-refractivity contribution is -0.165. The van der Waals surface area contributed by atoms with Gasteiger partial charge in [-0.2, -0.15) is 0 Å². The summed E-state index contributed by atoms with van der Waals surface area (Å²) in [5.74, 6) is -0.281. The van der Waals surface area contributed by atoms with E-state index in [1.807, 2.05) is 0 Å². The Labute approximate surface area is 156 Å². The first kappa shape index (κ1) is 20.1. The molecular formula is C18H21FN4O4. The van der Waals surface area contributed by atoms with Gasteiger partial charge in [-0.05, 0) is 25.1 Å². The Morgan fingerprint density at radius 2 is 2.11 bits per heavy atom. The van der Waals surface area contributed by atoms with E-state index >= 15 is 0 Å². The van der Waals surface area contributed by atoms with Gasteiger partial charge >= 0.3 is 6.03 Å². The minimum Gasteiger partial charge on any atom is -0.490 e. The quantitative estimate of drug-likeness (QED) is 0.518. The van der Waals surface area contributed by atoms with E-state index in [0.717, 1.165) is 5.06 Å². The number of hydroxylamine groups is 2. The highest BCUT2D eigenvalue weighted by Crippen LogP contribution is 2.22. The zero-order chi connectivity index (χ0) is 19.6. The molecule has 0 bridgehead atoms. The number of anilines is 2. The molecule has 2 aromatic rings. The van der Waals surface area contributed by atoms with Crippen molar-refractivity contribution >= 4 is 23.8 Å². The first-order valence-corrected chi connectivity index (χ1v) is 8.22. The molecular weight excluding hydrogens is 355 g/mol. The Morgan fingerprint density at radius 1 is 1.33 bits per heavy atom. The van der Waals surface area contributed by atoms with Crippen molar-refractivity contribution in [2.75, 3.05) is 24.3 Å². The van der Waals surface area contributed by atoms with Crippen molar-refractivity contribution in [3.8, 4) is 5.75 Å². The maximum Gasteiger partial charge on any atom is 0.323 e. The molecule has 2 rings (SSSR count). The number of nitrogens with zero attached hydrogens (tertiary/aromatic N) is 2. The number of halogens is 1. The van der Waals surface area contributed by atoms with E-state index in [1.54, 1.807) is 25.3 Å². The molecule has 3 amide bonds. The third-order valence-corrected chi connectivity index (χ3v) is 3.35. The normalized spacial score (nSPS) is 11.4. The smallest absolute Gasteiger partial charge is 0.323 e. The molecule has 0 aliphatic carbocycles. The van der Waals surface area contributed by atoms with Crippen LogP contribution in [0.15, 0.2) is 42.7 Å². The van der Waals surface area contributed by atoms with E-state index in [1.165, 1.54) is 31.4 Å². The molecule has 8 nitrogen and oxygen atoms in total. The number of benzene rings is 1. The molecule has 2 N–H and O–H groups in total. The van der Waals surface area contributed by atoms with Crippen molar-refractivity contribution < 1.29 is 23.6 Å². The van der Waals surface area contributed by atoms with Crippen LogP contribution >= 0.6 is 0 Å². The van der Waals surface area contributed by atoms with Gasteiger partial charge in [0.25, 0.3) is 0 Å². The van der Waals surface area contributed by atoms with Crippen LogP contribution in [0.1, 0.15) is 13.3 Å². The van der Waals surface area contributed by atoms with E-state index in [9.17, 15) is 14.0 Å². The molecule has 1 aromatic heterocycles. The number of amides is 3. The van der Waals surface area contributed by atoms with Crippen molar-refractivity contribution in [3.63, 3.8) is 0 Å². The number of hydrogen-bond acceptors (Lipinski definition) is 5. The average Bonchev–Trinajstić information content (AvgIpc) is 2.61. The van der Waals surface area contributed by atoms with Gasteiger partial charge in [0, 0.05) is 37.5 Å². The maximum absolute atomic E-state index is 13.8. The SMILES string of the molecule is C[C@@H](CCON(C)C=O)Oc1cc(F)cc(NC(=O)Nc2cccnc2)c1. The summed E-state index contributed by atoms with van der Waals surface area (Å²) in [5.41, 5.74) is 0.757. The number of hydrogen-bond donors (Lipinski definition) is 2. The van der Waals surface area contributed by atoms with Crippen LogP contribution in [-0.4, -0.2) is 42.2 Å². The molecule has 0 saturated heterocycles. The van der Waals surface area contributed by atoms with Crippen LogP contribution < -0.4 is 15.4 Å². The van der Waals surface area contributed by atoms with Crippen molar-refractivity contribution in [2.45, 2.75) is 19.4 Å². The summed E-state index contributed by atoms with van der Waals surface area (Å²) in [7, 11) is 1.49. The molecule has 0 radical (unpaired) electrons. The number of carbonyl (C=O) groups is 2. The average molecular weight is 376 g/mol. The highest BCUT2D eigenvalue weighted by molar-refractivity contribution is 5.99. The van der Waals surface area contributed by atoms with Gasteiger partial charge in [-0.25, -0.2) is 14.2 Å². The maximum atomic E-state index is 13.8. The fourth-order valence-corrected chi connectivity index (χ4v) is 2.12. The highest BCUT2D eigenvalue weighted by Gasteiger charge is 2.10. The van der Waals surface area contributed by atoms with Gasteiger partial charge in [-0.1, -0.05) is 0 Å². The molecule has 0 unspecified atom stereocenters. The Bertz CT molecular complexity index is 760. The Balaban J connectivity index is 1.90. The van der Waals surface area contributed by atoms with Gasteiger partial charge in [-0.3, -0.25) is 14.6 Å². The molecule has 27 heavy (non-hydrogen) atoms. The molecule has 1 atom stereocenters. The predicted octanol–water partition coefficient (Wildman–Crippen LogP) is 3.04. The topological polar surface area (TPSA) is 92.8 Å². The number of carbonyl (C=O) groups excluding carboxylic acids is 2. The fraction of sp³-hybridized carbons (Fsp3) is 0.278. The fourth-order valence-electron chi connectivity index (χ4n) is 2.12. The monoisotopic (exact) mass is 376 g/mol. The summed E-state index contributed by atoms with van der Waals surface area (Å²) in [6, 6.07) is 6.75. The lowest BCUT2D eigenvalue weighted by Crippen LogP contribution is -2.21. The molecule has 1 heterocycles. The van der Waals surface area contributed by atoms with Crippen molar-refractivity contribution in [3.05, 3.63) is 48.5 Å². The lowest BCUT2D eigenvalue weighted by atomic mass is 10.2. The zero-order valence-electron chi connectivity index (χ0n) is 15.0. The molecule has 9 heteroatoms. The van der Waals surface area contributed by atoms with Crippen LogP contribution in [0.3, 0.4) is 0 Å². The van der Waals surface area contributed by atoms with E-state index < -0.39 is 11.8 Å². The van der Waals surface area contributed by atoms with Gasteiger partial charge < -0.3 is 15.4 Å². The predicted molar refractivity (Wildman–Crippen MR) is 97.8 cm³/mol. The van der Waals surface area contributed by atoms with Crippen LogP contribution in [0.4, 0.5) is 20.6 Å². The van der Waals surface area contributed by atoms with Gasteiger partial charge in [0.05, 0.1) is 24.6 Å². The molecule has 144 valence electrons. The van der Waals surface area contributed by atoms with Crippen LogP contribution in [0.2, 0.25) is 0 Å². The van der Waals surface area contributed by atoms with E-state index in [2.05, 4.69) is 15.6 Å². The molecule has 0 aliphatic heterocycles. The minimum atomic E-state index is -0.548. The molecule has 0 spiro atoms. The second-order valence-corrected chi connectivity index (χ2v) is 5.70. The van der Waals surface area contributed by atoms with Crippen LogP contribution in [0.5, 0.6) is 5.75 Å². The Kier molecular flexibility index (Phi) is 7.50. The number of aromatic nitrogens is 1. The number of ether oxygens (including phenoxy) is 1. The van der Waals surface area contributed by atoms with E-state index in [-0.39, 0.29) is 24.1 Å². The summed E-state index contributed by atoms with van der Waals surface area (Å²) in [6.07, 6.45) is 3.82. The highest BCUT2D eigenvalue weighted by atomic mass is 19.1. The van der Waals surface area contributed by atoms with Gasteiger partial charge in [0.2, 0.25) is 6.41 Å². The summed E-state index contributed by atoms with van der Waals surface area (Å²) >= 11 is 0. The number of nitrogens with one attached hydrogen (secondary N) is 2. The summed E-state index contributed by atoms with van der Waals surface area (Å²) in [6.45, 7) is 2.06. The largest absolute Gasteiger partial charge is 0.490 e. The van der Waals surface area contributed by atoms with Crippen LogP contribution in [0, 0.1) is 5.82 Å². The number of rotatable bonds is 9. The summed E-state index contributed by atoms with van der Waals surface area (Å²) in [5, 5.41) is 6.18. The van der Waals surface area contributed by atoms with Crippen LogP contribution in [-0.2, 0) is 9.63 Å². The third-order valence-electron chi connectivity index (χ3n) is 3.35. The molecule has 1 aromatic carbocycles. The summed E-state index contributed by atoms with van der Waals surface area (Å²) < 4.78 is 19.5. The Hall–Kier alpha value is -3.20.